The molecule has 2 atom stereocenters. The van der Waals surface area contributed by atoms with Crippen LogP contribution in [0, 0.1) is 13.8 Å². The molecule has 19 heavy (non-hydrogen) atoms. The predicted octanol–water partition coefficient (Wildman–Crippen LogP) is 2.35. The molecule has 0 bridgehead atoms. The summed E-state index contributed by atoms with van der Waals surface area (Å²) in [6, 6.07) is 0.178. The van der Waals surface area contributed by atoms with Gasteiger partial charge in [0.1, 0.15) is 0 Å². The fraction of sp³-hybridized carbons (Fsp3) is 0.800. The maximum absolute atomic E-state index is 6.05. The lowest BCUT2D eigenvalue weighted by Gasteiger charge is -2.19. The first-order valence-electron chi connectivity index (χ1n) is 7.25. The van der Waals surface area contributed by atoms with E-state index in [9.17, 15) is 0 Å². The minimum Gasteiger partial charge on any atom is -0.370 e. The van der Waals surface area contributed by atoms with Crippen molar-refractivity contribution in [3.8, 4) is 0 Å². The third-order valence-electron chi connectivity index (χ3n) is 3.99. The van der Waals surface area contributed by atoms with Crippen LogP contribution in [0.15, 0.2) is 0 Å². The van der Waals surface area contributed by atoms with Gasteiger partial charge in [0.25, 0.3) is 0 Å². The molecule has 0 spiro atoms. The summed E-state index contributed by atoms with van der Waals surface area (Å²) in [5.74, 6) is 0. The molecule has 4 nitrogen and oxygen atoms in total. The van der Waals surface area contributed by atoms with Crippen LogP contribution in [0.5, 0.6) is 0 Å². The van der Waals surface area contributed by atoms with Gasteiger partial charge in [0.05, 0.1) is 23.9 Å². The number of aromatic nitrogens is 2. The summed E-state index contributed by atoms with van der Waals surface area (Å²) in [5.41, 5.74) is 9.57. The van der Waals surface area contributed by atoms with Gasteiger partial charge in [0, 0.05) is 11.7 Å². The van der Waals surface area contributed by atoms with E-state index in [-0.39, 0.29) is 17.7 Å². The van der Waals surface area contributed by atoms with Gasteiger partial charge in [-0.25, -0.2) is 0 Å². The van der Waals surface area contributed by atoms with E-state index < -0.39 is 0 Å². The maximum Gasteiger partial charge on any atom is 0.0779 e. The number of rotatable bonds is 4. The van der Waals surface area contributed by atoms with Gasteiger partial charge in [0.2, 0.25) is 0 Å². The monoisotopic (exact) mass is 265 g/mol. The lowest BCUT2D eigenvalue weighted by Crippen LogP contribution is -2.24. The smallest absolute Gasteiger partial charge is 0.0779 e. The Balaban J connectivity index is 2.09. The zero-order valence-corrected chi connectivity index (χ0v) is 12.9. The van der Waals surface area contributed by atoms with Crippen LogP contribution in [0.1, 0.15) is 50.6 Å². The molecule has 0 radical (unpaired) electrons. The third kappa shape index (κ3) is 3.37. The summed E-state index contributed by atoms with van der Waals surface area (Å²) in [6.45, 7) is 11.4. The Kier molecular flexibility index (Phi) is 4.02. The van der Waals surface area contributed by atoms with Crippen LogP contribution in [-0.4, -0.2) is 27.5 Å². The number of hydrogen-bond donors (Lipinski definition) is 1. The van der Waals surface area contributed by atoms with Crippen molar-refractivity contribution < 1.29 is 4.74 Å². The molecule has 4 heteroatoms. The molecule has 0 saturated carbocycles. The normalized spacial score (nSPS) is 23.8. The van der Waals surface area contributed by atoms with Gasteiger partial charge in [-0.1, -0.05) is 0 Å². The van der Waals surface area contributed by atoms with Crippen molar-refractivity contribution in [1.29, 1.82) is 0 Å². The lowest BCUT2D eigenvalue weighted by molar-refractivity contribution is -0.0232. The number of ether oxygens (including phenoxy) is 1. The maximum atomic E-state index is 6.05. The molecule has 0 aromatic carbocycles. The molecule has 1 fully saturated rings. The van der Waals surface area contributed by atoms with Crippen LogP contribution in [0.2, 0.25) is 0 Å². The molecule has 2 heterocycles. The largest absolute Gasteiger partial charge is 0.370 e. The highest BCUT2D eigenvalue weighted by Gasteiger charge is 2.32. The first-order chi connectivity index (χ1) is 8.78. The molecule has 1 saturated heterocycles. The van der Waals surface area contributed by atoms with Crippen LogP contribution in [0.3, 0.4) is 0 Å². The second kappa shape index (κ2) is 5.25. The Bertz CT molecular complexity index is 448. The molecule has 0 aliphatic carbocycles. The van der Waals surface area contributed by atoms with E-state index in [1.807, 2.05) is 6.92 Å². The lowest BCUT2D eigenvalue weighted by atomic mass is 10.1. The van der Waals surface area contributed by atoms with Crippen LogP contribution in [-0.2, 0) is 17.7 Å². The van der Waals surface area contributed by atoms with E-state index >= 15 is 0 Å². The molecule has 0 amide bonds. The van der Waals surface area contributed by atoms with Crippen molar-refractivity contribution in [3.63, 3.8) is 0 Å². The van der Waals surface area contributed by atoms with Crippen molar-refractivity contribution in [2.75, 3.05) is 0 Å². The minimum atomic E-state index is 0.0232. The summed E-state index contributed by atoms with van der Waals surface area (Å²) in [5, 5.41) is 4.66. The van der Waals surface area contributed by atoms with Crippen molar-refractivity contribution in [2.45, 2.75) is 78.2 Å². The van der Waals surface area contributed by atoms with E-state index in [1.165, 1.54) is 11.3 Å². The van der Waals surface area contributed by atoms with Crippen molar-refractivity contribution in [1.82, 2.24) is 9.78 Å². The second-order valence-corrected chi connectivity index (χ2v) is 6.55. The number of nitrogens with two attached hydrogens (primary N) is 1. The molecule has 1 aromatic rings. The molecular formula is C15H27N3O. The van der Waals surface area contributed by atoms with E-state index in [0.29, 0.717) is 0 Å². The molecule has 2 N–H and O–H groups in total. The first kappa shape index (κ1) is 14.5. The second-order valence-electron chi connectivity index (χ2n) is 6.55. The topological polar surface area (TPSA) is 53.1 Å². The van der Waals surface area contributed by atoms with Gasteiger partial charge in [-0.05, 0) is 59.4 Å². The SMILES string of the molecule is Cc1nn(CC2CCC(C)(C)O2)c(C)c1CC(C)N. The van der Waals surface area contributed by atoms with Gasteiger partial charge in [-0.15, -0.1) is 0 Å². The van der Waals surface area contributed by atoms with E-state index in [0.717, 1.165) is 31.5 Å². The zero-order chi connectivity index (χ0) is 14.2. The van der Waals surface area contributed by atoms with Crippen molar-refractivity contribution >= 4 is 0 Å². The summed E-state index contributed by atoms with van der Waals surface area (Å²) < 4.78 is 8.15. The van der Waals surface area contributed by atoms with Crippen LogP contribution < -0.4 is 5.73 Å². The Morgan fingerprint density at radius 1 is 1.47 bits per heavy atom. The molecule has 1 aliphatic heterocycles. The summed E-state index contributed by atoms with van der Waals surface area (Å²) >= 11 is 0. The number of hydrogen-bond acceptors (Lipinski definition) is 3. The van der Waals surface area contributed by atoms with Crippen LogP contribution >= 0.6 is 0 Å². The average Bonchev–Trinajstić information content (AvgIpc) is 2.74. The van der Waals surface area contributed by atoms with Gasteiger partial charge in [-0.3, -0.25) is 4.68 Å². The van der Waals surface area contributed by atoms with Gasteiger partial charge in [-0.2, -0.15) is 5.10 Å². The predicted molar refractivity (Wildman–Crippen MR) is 77.2 cm³/mol. The quantitative estimate of drug-likeness (QED) is 0.909. The standard InChI is InChI=1S/C15H27N3O/c1-10(16)8-14-11(2)17-18(12(14)3)9-13-6-7-15(4,5)19-13/h10,13H,6-9,16H2,1-5H3. The fourth-order valence-corrected chi connectivity index (χ4v) is 2.93. The van der Waals surface area contributed by atoms with Crippen molar-refractivity contribution in [3.05, 3.63) is 17.0 Å². The molecule has 2 unspecified atom stereocenters. The Hall–Kier alpha value is -0.870. The van der Waals surface area contributed by atoms with Crippen LogP contribution in [0.25, 0.3) is 0 Å². The molecule has 2 rings (SSSR count). The summed E-state index contributed by atoms with van der Waals surface area (Å²) in [6.07, 6.45) is 3.43. The highest BCUT2D eigenvalue weighted by molar-refractivity contribution is 5.25. The highest BCUT2D eigenvalue weighted by atomic mass is 16.5. The van der Waals surface area contributed by atoms with E-state index in [1.54, 1.807) is 0 Å². The van der Waals surface area contributed by atoms with E-state index in [4.69, 9.17) is 10.5 Å². The minimum absolute atomic E-state index is 0.0232. The Labute approximate surface area is 116 Å². The Morgan fingerprint density at radius 2 is 2.16 bits per heavy atom. The number of aryl methyl sites for hydroxylation is 1. The highest BCUT2D eigenvalue weighted by Crippen LogP contribution is 2.30. The van der Waals surface area contributed by atoms with Crippen molar-refractivity contribution in [2.24, 2.45) is 5.73 Å². The Morgan fingerprint density at radius 3 is 2.68 bits per heavy atom. The molecule has 108 valence electrons. The van der Waals surface area contributed by atoms with Crippen LogP contribution in [0.4, 0.5) is 0 Å². The number of nitrogens with zero attached hydrogens (tertiary/aromatic N) is 2. The average molecular weight is 265 g/mol. The van der Waals surface area contributed by atoms with Gasteiger partial charge >= 0.3 is 0 Å². The summed E-state index contributed by atoms with van der Waals surface area (Å²) in [4.78, 5) is 0. The summed E-state index contributed by atoms with van der Waals surface area (Å²) in [7, 11) is 0. The molecule has 1 aliphatic rings. The van der Waals surface area contributed by atoms with E-state index in [2.05, 4.69) is 37.5 Å². The molecular weight excluding hydrogens is 238 g/mol. The fourth-order valence-electron chi connectivity index (χ4n) is 2.93. The molecule has 1 aromatic heterocycles. The third-order valence-corrected chi connectivity index (χ3v) is 3.99. The first-order valence-corrected chi connectivity index (χ1v) is 7.25. The van der Waals surface area contributed by atoms with Gasteiger partial charge in [0.15, 0.2) is 0 Å². The zero-order valence-electron chi connectivity index (χ0n) is 12.9. The van der Waals surface area contributed by atoms with Gasteiger partial charge < -0.3 is 10.5 Å².